The number of H-pyrrole nitrogens is 1. The summed E-state index contributed by atoms with van der Waals surface area (Å²) in [4.78, 5) is 98.4. The van der Waals surface area contributed by atoms with Crippen molar-refractivity contribution in [3.8, 4) is 5.88 Å². The van der Waals surface area contributed by atoms with Crippen LogP contribution in [0.25, 0.3) is 11.0 Å². The smallest absolute Gasteiger partial charge is 0.325 e. The van der Waals surface area contributed by atoms with Crippen LogP contribution < -0.4 is 16.8 Å². The predicted molar refractivity (Wildman–Crippen MR) is 167 cm³/mol. The number of aliphatic carboxylic acids is 4. The van der Waals surface area contributed by atoms with E-state index >= 15 is 4.39 Å². The molecule has 4 atom stereocenters. The first kappa shape index (κ1) is 38.6. The molecule has 50 heavy (non-hydrogen) atoms. The van der Waals surface area contributed by atoms with E-state index in [1.54, 1.807) is 13.1 Å². The van der Waals surface area contributed by atoms with Gasteiger partial charge in [-0.05, 0) is 55.9 Å². The second kappa shape index (κ2) is 16.1. The number of carbonyl (C=O) groups excluding carboxylic acids is 3. The fraction of sp³-hybridized carbons (Fsp3) is 0.387. The first-order valence-electron chi connectivity index (χ1n) is 15.0. The predicted octanol–water partition coefficient (Wildman–Crippen LogP) is 0.0627. The molecule has 3 rings (SSSR count). The molecule has 0 aliphatic heterocycles. The molecule has 11 N–H and O–H groups in total. The number of carbonyl (C=O) groups is 7. The number of aromatic nitrogens is 3. The van der Waals surface area contributed by atoms with Gasteiger partial charge in [-0.2, -0.15) is 4.98 Å². The van der Waals surface area contributed by atoms with Crippen LogP contribution in [0.2, 0.25) is 0 Å². The molecule has 0 aliphatic rings. The van der Waals surface area contributed by atoms with Crippen molar-refractivity contribution in [2.24, 2.45) is 16.9 Å². The van der Waals surface area contributed by atoms with Gasteiger partial charge in [0.1, 0.15) is 23.3 Å². The minimum Gasteiger partial charge on any atom is -0.493 e. The van der Waals surface area contributed by atoms with E-state index in [0.29, 0.717) is 28.0 Å². The van der Waals surface area contributed by atoms with Gasteiger partial charge in [-0.25, -0.2) is 9.37 Å². The molecule has 2 aromatic heterocycles. The molecule has 0 fully saturated rings. The molecule has 2 heterocycles. The van der Waals surface area contributed by atoms with Crippen molar-refractivity contribution in [2.45, 2.75) is 70.0 Å². The van der Waals surface area contributed by atoms with Crippen LogP contribution in [0, 0.1) is 18.2 Å². The average Bonchev–Trinajstić information content (AvgIpc) is 3.45. The van der Waals surface area contributed by atoms with E-state index in [1.165, 1.54) is 6.07 Å². The van der Waals surface area contributed by atoms with Crippen LogP contribution in [-0.4, -0.2) is 100.0 Å². The van der Waals surface area contributed by atoms with E-state index in [2.05, 4.69) is 20.3 Å². The summed E-state index contributed by atoms with van der Waals surface area (Å²) >= 11 is 0. The molecule has 0 saturated carbocycles. The highest BCUT2D eigenvalue weighted by Gasteiger charge is 2.57. The van der Waals surface area contributed by atoms with Gasteiger partial charge < -0.3 is 47.3 Å². The van der Waals surface area contributed by atoms with Crippen molar-refractivity contribution in [1.82, 2.24) is 20.3 Å². The van der Waals surface area contributed by atoms with Crippen LogP contribution in [0.15, 0.2) is 24.4 Å². The minimum atomic E-state index is -3.38. The van der Waals surface area contributed by atoms with Crippen LogP contribution in [0.3, 0.4) is 0 Å². The number of carboxylic acid groups (broad SMARTS) is 4. The lowest BCUT2D eigenvalue weighted by Gasteiger charge is -2.33. The SMILES string of the molecule is Cc1nc(O)c2c(CCc3ccc(C(=O)N[C@@H](CCC(=O)O)C(=O)C(C[C@H](N)C(=O)O)(C(=O)O)C(=O)[C@@H](N)CCC(=O)O)c(F)c3)c[nH]c2n1. The van der Waals surface area contributed by atoms with Gasteiger partial charge in [0.25, 0.3) is 5.91 Å². The fourth-order valence-electron chi connectivity index (χ4n) is 5.39. The Balaban J connectivity index is 1.93. The summed E-state index contributed by atoms with van der Waals surface area (Å²) in [6.07, 6.45) is -2.38. The maximum atomic E-state index is 15.3. The molecule has 0 bridgehead atoms. The Morgan fingerprint density at radius 1 is 0.920 bits per heavy atom. The summed E-state index contributed by atoms with van der Waals surface area (Å²) in [5, 5.41) is 50.5. The summed E-state index contributed by atoms with van der Waals surface area (Å²) in [5.74, 6) is -12.6. The van der Waals surface area contributed by atoms with Crippen LogP contribution in [-0.2, 0) is 41.6 Å². The topological polar surface area (TPSA) is 326 Å². The highest BCUT2D eigenvalue weighted by molar-refractivity contribution is 6.25. The van der Waals surface area contributed by atoms with Crippen molar-refractivity contribution in [3.05, 3.63) is 52.7 Å². The lowest BCUT2D eigenvalue weighted by atomic mass is 9.69. The Kier molecular flexibility index (Phi) is 12.4. The lowest BCUT2D eigenvalue weighted by Crippen LogP contribution is -2.61. The Bertz CT molecular complexity index is 1850. The van der Waals surface area contributed by atoms with Gasteiger partial charge in [0.05, 0.1) is 23.0 Å². The number of halogens is 1. The number of nitrogens with zero attached hydrogens (tertiary/aromatic N) is 2. The van der Waals surface area contributed by atoms with Crippen molar-refractivity contribution < 1.29 is 63.5 Å². The number of ketones is 2. The van der Waals surface area contributed by atoms with Crippen molar-refractivity contribution >= 4 is 52.4 Å². The van der Waals surface area contributed by atoms with Crippen molar-refractivity contribution in [3.63, 3.8) is 0 Å². The third-order valence-corrected chi connectivity index (χ3v) is 7.99. The molecule has 1 unspecified atom stereocenters. The molecule has 19 heteroatoms. The summed E-state index contributed by atoms with van der Waals surface area (Å²) in [5.41, 5.74) is 8.68. The third-order valence-electron chi connectivity index (χ3n) is 7.99. The Labute approximate surface area is 281 Å². The largest absolute Gasteiger partial charge is 0.493 e. The molecule has 0 spiro atoms. The number of fused-ring (bicyclic) bond motifs is 1. The number of hydrogen-bond acceptors (Lipinski definition) is 12. The number of amides is 1. The van der Waals surface area contributed by atoms with Crippen LogP contribution >= 0.6 is 0 Å². The Morgan fingerprint density at radius 3 is 2.14 bits per heavy atom. The summed E-state index contributed by atoms with van der Waals surface area (Å²) < 4.78 is 15.3. The van der Waals surface area contributed by atoms with Gasteiger partial charge in [0.15, 0.2) is 17.0 Å². The highest BCUT2D eigenvalue weighted by atomic mass is 19.1. The molecule has 0 saturated heterocycles. The number of carboxylic acids is 4. The zero-order valence-electron chi connectivity index (χ0n) is 26.5. The van der Waals surface area contributed by atoms with Gasteiger partial charge in [0, 0.05) is 25.5 Å². The van der Waals surface area contributed by atoms with Gasteiger partial charge in [-0.1, -0.05) is 6.07 Å². The summed E-state index contributed by atoms with van der Waals surface area (Å²) in [6, 6.07) is -2.77. The number of aromatic hydroxyl groups is 1. The summed E-state index contributed by atoms with van der Waals surface area (Å²) in [7, 11) is 0. The number of hydrogen-bond donors (Lipinski definition) is 9. The van der Waals surface area contributed by atoms with Crippen molar-refractivity contribution in [2.75, 3.05) is 0 Å². The van der Waals surface area contributed by atoms with Gasteiger partial charge in [-0.3, -0.25) is 33.6 Å². The zero-order chi connectivity index (χ0) is 37.5. The van der Waals surface area contributed by atoms with E-state index < -0.39 is 108 Å². The molecular formula is C31H35FN6O12. The van der Waals surface area contributed by atoms with E-state index in [1.807, 2.05) is 0 Å². The third kappa shape index (κ3) is 8.80. The Hall–Kier alpha value is -5.82. The van der Waals surface area contributed by atoms with Crippen molar-refractivity contribution in [1.29, 1.82) is 0 Å². The van der Waals surface area contributed by atoms with E-state index in [9.17, 15) is 54.0 Å². The number of aryl methyl sites for hydroxylation is 3. The zero-order valence-corrected chi connectivity index (χ0v) is 26.5. The first-order valence-corrected chi connectivity index (χ1v) is 15.0. The standard InChI is InChI=1S/C31H35FN6O12/c1-13-36-26-23(28(46)37-13)15(12-35-26)4-2-14-3-5-16(17(32)10-14)27(45)38-20(7-9-22(41)42)25(44)31(30(49)50,11-19(34)29(47)48)24(43)18(33)6-8-21(39)40/h3,5,10,12,18-20H,2,4,6-9,11,33-34H2,1H3,(H,38,45)(H,39,40)(H,41,42)(H,47,48)(H,49,50)(H2,35,36,37,46)/t18-,19-,20-,31?/m0/s1. The maximum absolute atomic E-state index is 15.3. The number of rotatable bonds is 19. The molecule has 1 aromatic carbocycles. The minimum absolute atomic E-state index is 0.216. The Morgan fingerprint density at radius 2 is 1.56 bits per heavy atom. The fourth-order valence-corrected chi connectivity index (χ4v) is 5.39. The lowest BCUT2D eigenvalue weighted by molar-refractivity contribution is -0.162. The molecule has 3 aromatic rings. The quantitative estimate of drug-likeness (QED) is 0.0746. The van der Waals surface area contributed by atoms with Gasteiger partial charge in [0.2, 0.25) is 5.88 Å². The van der Waals surface area contributed by atoms with Crippen LogP contribution in [0.5, 0.6) is 5.88 Å². The molecule has 1 amide bonds. The molecular weight excluding hydrogens is 667 g/mol. The number of nitrogens with two attached hydrogens (primary N) is 2. The van der Waals surface area contributed by atoms with Gasteiger partial charge in [-0.15, -0.1) is 0 Å². The summed E-state index contributed by atoms with van der Waals surface area (Å²) in [6.45, 7) is 1.60. The normalized spacial score (nSPS) is 14.2. The van der Waals surface area contributed by atoms with E-state index in [-0.39, 0.29) is 18.7 Å². The molecule has 0 radical (unpaired) electrons. The molecule has 18 nitrogen and oxygen atoms in total. The molecule has 0 aliphatic carbocycles. The number of nitrogens with one attached hydrogen (secondary N) is 2. The number of benzene rings is 1. The highest BCUT2D eigenvalue weighted by Crippen LogP contribution is 2.32. The average molecular weight is 703 g/mol. The second-order valence-corrected chi connectivity index (χ2v) is 11.5. The second-order valence-electron chi connectivity index (χ2n) is 11.5. The van der Waals surface area contributed by atoms with Gasteiger partial charge >= 0.3 is 23.9 Å². The monoisotopic (exact) mass is 702 g/mol. The molecule has 268 valence electrons. The maximum Gasteiger partial charge on any atom is 0.325 e. The van der Waals surface area contributed by atoms with E-state index in [4.69, 9.17) is 16.6 Å². The number of Topliss-reactive ketones (excluding diaryl/α,β-unsaturated/α-hetero) is 2. The van der Waals surface area contributed by atoms with Crippen LogP contribution in [0.4, 0.5) is 4.39 Å². The van der Waals surface area contributed by atoms with Crippen LogP contribution in [0.1, 0.15) is 59.4 Å². The number of aromatic amines is 1. The first-order chi connectivity index (χ1) is 23.4. The van der Waals surface area contributed by atoms with E-state index in [0.717, 1.165) is 12.1 Å².